The van der Waals surface area contributed by atoms with Crippen molar-refractivity contribution in [1.29, 1.82) is 0 Å². The molecule has 1 heteroatoms. The van der Waals surface area contributed by atoms with Gasteiger partial charge in [-0.2, -0.15) is 0 Å². The van der Waals surface area contributed by atoms with Gasteiger partial charge in [0.15, 0.2) is 0 Å². The summed E-state index contributed by atoms with van der Waals surface area (Å²) in [7, 11) is 0. The van der Waals surface area contributed by atoms with Crippen LogP contribution < -0.4 is 0 Å². The van der Waals surface area contributed by atoms with Crippen LogP contribution in [0.5, 0.6) is 0 Å². The molecule has 0 fully saturated rings. The maximum absolute atomic E-state index is 4.62. The average Bonchev–Trinajstić information content (AvgIpc) is 2.13. The Morgan fingerprint density at radius 1 is 0.941 bits per heavy atom. The van der Waals surface area contributed by atoms with E-state index in [1.54, 1.807) is 0 Å². The zero-order valence-corrected chi connectivity index (χ0v) is 12.7. The summed E-state index contributed by atoms with van der Waals surface area (Å²) in [5, 5.41) is 0. The summed E-state index contributed by atoms with van der Waals surface area (Å²) >= 11 is 0. The molecular weight excluding hydrogens is 206 g/mol. The average molecular weight is 233 g/mol. The number of nitrogens with zero attached hydrogens (tertiary/aromatic N) is 1. The predicted molar refractivity (Wildman–Crippen MR) is 75.7 cm³/mol. The maximum atomic E-state index is 4.62. The third-order valence-corrected chi connectivity index (χ3v) is 3.09. The van der Waals surface area contributed by atoms with Crippen molar-refractivity contribution in [1.82, 2.24) is 4.98 Å². The molecule has 17 heavy (non-hydrogen) atoms. The Balaban J connectivity index is 3.58. The van der Waals surface area contributed by atoms with Crippen molar-refractivity contribution in [2.45, 2.75) is 72.1 Å². The van der Waals surface area contributed by atoms with Crippen LogP contribution in [0.3, 0.4) is 0 Å². The van der Waals surface area contributed by atoms with E-state index in [2.05, 4.69) is 66.4 Å². The fraction of sp³-hybridized carbons (Fsp3) is 0.688. The van der Waals surface area contributed by atoms with E-state index in [4.69, 9.17) is 0 Å². The van der Waals surface area contributed by atoms with Gasteiger partial charge in [0.2, 0.25) is 0 Å². The molecule has 0 aliphatic carbocycles. The van der Waals surface area contributed by atoms with Crippen LogP contribution in [0.25, 0.3) is 0 Å². The molecule has 0 aliphatic rings. The SMILES string of the molecule is CC(C)c1nccc(C(C)(C)C)c1C(C)(C)C. The largest absolute Gasteiger partial charge is 0.261 e. The Morgan fingerprint density at radius 2 is 1.47 bits per heavy atom. The second-order valence-electron chi connectivity index (χ2n) is 7.27. The Hall–Kier alpha value is -0.850. The Kier molecular flexibility index (Phi) is 3.71. The van der Waals surface area contributed by atoms with E-state index >= 15 is 0 Å². The molecule has 96 valence electrons. The zero-order chi connectivity index (χ0) is 13.4. The highest BCUT2D eigenvalue weighted by Gasteiger charge is 2.28. The van der Waals surface area contributed by atoms with Gasteiger partial charge in [-0.05, 0) is 33.9 Å². The van der Waals surface area contributed by atoms with Gasteiger partial charge >= 0.3 is 0 Å². The Morgan fingerprint density at radius 3 is 1.82 bits per heavy atom. The lowest BCUT2D eigenvalue weighted by atomic mass is 9.73. The van der Waals surface area contributed by atoms with E-state index in [-0.39, 0.29) is 10.8 Å². The highest BCUT2D eigenvalue weighted by atomic mass is 14.7. The molecule has 0 spiro atoms. The molecule has 0 aromatic carbocycles. The molecule has 1 nitrogen and oxygen atoms in total. The van der Waals surface area contributed by atoms with Crippen LogP contribution in [0.2, 0.25) is 0 Å². The monoisotopic (exact) mass is 233 g/mol. The zero-order valence-electron chi connectivity index (χ0n) is 12.7. The van der Waals surface area contributed by atoms with E-state index in [1.165, 1.54) is 16.8 Å². The van der Waals surface area contributed by atoms with Crippen LogP contribution in [-0.4, -0.2) is 4.98 Å². The summed E-state index contributed by atoms with van der Waals surface area (Å²) in [5.41, 5.74) is 4.45. The van der Waals surface area contributed by atoms with Crippen LogP contribution in [-0.2, 0) is 10.8 Å². The third-order valence-electron chi connectivity index (χ3n) is 3.09. The number of hydrogen-bond donors (Lipinski definition) is 0. The van der Waals surface area contributed by atoms with Gasteiger partial charge in [-0.1, -0.05) is 55.4 Å². The summed E-state index contributed by atoms with van der Waals surface area (Å²) in [5.74, 6) is 0.478. The summed E-state index contributed by atoms with van der Waals surface area (Å²) in [4.78, 5) is 4.62. The van der Waals surface area contributed by atoms with E-state index in [0.717, 1.165) is 0 Å². The molecule has 0 saturated heterocycles. The topological polar surface area (TPSA) is 12.9 Å². The first-order chi connectivity index (χ1) is 7.55. The first-order valence-corrected chi connectivity index (χ1v) is 6.55. The number of rotatable bonds is 1. The minimum Gasteiger partial charge on any atom is -0.261 e. The summed E-state index contributed by atoms with van der Waals surface area (Å²) < 4.78 is 0. The highest BCUT2D eigenvalue weighted by molar-refractivity contribution is 5.41. The molecule has 0 N–H and O–H groups in total. The van der Waals surface area contributed by atoms with Crippen LogP contribution in [0.15, 0.2) is 12.3 Å². The van der Waals surface area contributed by atoms with E-state index in [1.807, 2.05) is 6.20 Å². The van der Waals surface area contributed by atoms with Crippen molar-refractivity contribution in [2.75, 3.05) is 0 Å². The highest BCUT2D eigenvalue weighted by Crippen LogP contribution is 2.37. The second kappa shape index (κ2) is 4.44. The van der Waals surface area contributed by atoms with Crippen LogP contribution in [0.1, 0.15) is 78.1 Å². The Labute approximate surface area is 107 Å². The molecule has 0 bridgehead atoms. The van der Waals surface area contributed by atoms with Crippen LogP contribution in [0.4, 0.5) is 0 Å². The molecule has 0 saturated carbocycles. The van der Waals surface area contributed by atoms with E-state index in [0.29, 0.717) is 5.92 Å². The number of pyridine rings is 1. The van der Waals surface area contributed by atoms with Gasteiger partial charge in [0.1, 0.15) is 0 Å². The number of aromatic nitrogens is 1. The van der Waals surface area contributed by atoms with Gasteiger partial charge in [0, 0.05) is 11.9 Å². The van der Waals surface area contributed by atoms with Crippen molar-refractivity contribution >= 4 is 0 Å². The molecule has 0 radical (unpaired) electrons. The molecule has 0 amide bonds. The summed E-state index contributed by atoms with van der Waals surface area (Å²) in [6, 6.07) is 2.19. The van der Waals surface area contributed by atoms with Gasteiger partial charge in [-0.25, -0.2) is 0 Å². The molecule has 0 atom stereocenters. The van der Waals surface area contributed by atoms with Gasteiger partial charge in [-0.15, -0.1) is 0 Å². The first-order valence-electron chi connectivity index (χ1n) is 6.55. The maximum Gasteiger partial charge on any atom is 0.0469 e. The van der Waals surface area contributed by atoms with Crippen molar-refractivity contribution in [2.24, 2.45) is 0 Å². The standard InChI is InChI=1S/C16H27N/c1-11(2)14-13(16(6,7)8)12(9-10-17-14)15(3,4)5/h9-11H,1-8H3. The fourth-order valence-corrected chi connectivity index (χ4v) is 2.33. The van der Waals surface area contributed by atoms with Crippen LogP contribution in [0, 0.1) is 0 Å². The second-order valence-corrected chi connectivity index (χ2v) is 7.27. The molecule has 0 aliphatic heterocycles. The van der Waals surface area contributed by atoms with E-state index in [9.17, 15) is 0 Å². The smallest absolute Gasteiger partial charge is 0.0469 e. The molecule has 1 heterocycles. The summed E-state index contributed by atoms with van der Waals surface area (Å²) in [6.07, 6.45) is 1.96. The van der Waals surface area contributed by atoms with E-state index < -0.39 is 0 Å². The molecule has 0 unspecified atom stereocenters. The normalized spacial score (nSPS) is 13.2. The minimum atomic E-state index is 0.149. The van der Waals surface area contributed by atoms with Crippen LogP contribution >= 0.6 is 0 Å². The minimum absolute atomic E-state index is 0.149. The van der Waals surface area contributed by atoms with Gasteiger partial charge in [0.05, 0.1) is 0 Å². The van der Waals surface area contributed by atoms with Gasteiger partial charge < -0.3 is 0 Å². The lowest BCUT2D eigenvalue weighted by molar-refractivity contribution is 0.516. The van der Waals surface area contributed by atoms with Crippen molar-refractivity contribution < 1.29 is 0 Å². The fourth-order valence-electron chi connectivity index (χ4n) is 2.33. The predicted octanol–water partition coefficient (Wildman–Crippen LogP) is 4.80. The number of hydrogen-bond acceptors (Lipinski definition) is 1. The molecule has 1 rings (SSSR count). The van der Waals surface area contributed by atoms with Crippen molar-refractivity contribution in [3.05, 3.63) is 29.1 Å². The summed E-state index contributed by atoms with van der Waals surface area (Å²) in [6.45, 7) is 18.1. The van der Waals surface area contributed by atoms with Gasteiger partial charge in [0.25, 0.3) is 0 Å². The molecular formula is C16H27N. The lowest BCUT2D eigenvalue weighted by Gasteiger charge is -2.32. The molecule has 1 aromatic rings. The molecule has 1 aromatic heterocycles. The van der Waals surface area contributed by atoms with Crippen molar-refractivity contribution in [3.63, 3.8) is 0 Å². The van der Waals surface area contributed by atoms with Gasteiger partial charge in [-0.3, -0.25) is 4.98 Å². The lowest BCUT2D eigenvalue weighted by Crippen LogP contribution is -2.25. The Bertz CT molecular complexity index is 389. The van der Waals surface area contributed by atoms with Crippen molar-refractivity contribution in [3.8, 4) is 0 Å². The quantitative estimate of drug-likeness (QED) is 0.679. The third kappa shape index (κ3) is 3.08. The first kappa shape index (κ1) is 14.2.